The minimum atomic E-state index is -0.215. The van der Waals surface area contributed by atoms with E-state index in [1.54, 1.807) is 0 Å². The van der Waals surface area contributed by atoms with Gasteiger partial charge in [0.2, 0.25) is 0 Å². The molecule has 1 unspecified atom stereocenters. The second-order valence-electron chi connectivity index (χ2n) is 6.43. The summed E-state index contributed by atoms with van der Waals surface area (Å²) in [4.78, 5) is 15.0. The van der Waals surface area contributed by atoms with E-state index < -0.39 is 0 Å². The highest BCUT2D eigenvalue weighted by Gasteiger charge is 2.37. The molecule has 1 N–H and O–H groups in total. The van der Waals surface area contributed by atoms with Crippen molar-refractivity contribution in [2.45, 2.75) is 6.17 Å². The lowest BCUT2D eigenvalue weighted by atomic mass is 9.92. The lowest BCUT2D eigenvalue weighted by Crippen LogP contribution is -2.47. The molecule has 0 saturated heterocycles. The number of rotatable bonds is 1. The highest BCUT2D eigenvalue weighted by atomic mass is 79.9. The van der Waals surface area contributed by atoms with E-state index in [0.29, 0.717) is 5.56 Å². The van der Waals surface area contributed by atoms with Gasteiger partial charge in [-0.1, -0.05) is 70.5 Å². The molecule has 0 fully saturated rings. The second kappa shape index (κ2) is 5.85. The summed E-state index contributed by atoms with van der Waals surface area (Å²) >= 11 is 3.48. The Kier molecular flexibility index (Phi) is 3.47. The largest absolute Gasteiger partial charge is 0.327 e. The highest BCUT2D eigenvalue weighted by Crippen LogP contribution is 2.44. The first-order valence-corrected chi connectivity index (χ1v) is 9.27. The van der Waals surface area contributed by atoms with Crippen LogP contribution in [0.1, 0.15) is 33.2 Å². The highest BCUT2D eigenvalue weighted by molar-refractivity contribution is 9.10. The molecule has 4 heteroatoms. The Balaban J connectivity index is 1.79. The molecule has 3 aromatic carbocycles. The number of halogens is 1. The number of nitrogens with zero attached hydrogens (tertiary/aromatic N) is 1. The van der Waals surface area contributed by atoms with Crippen LogP contribution in [0.25, 0.3) is 11.8 Å². The van der Waals surface area contributed by atoms with E-state index in [1.165, 1.54) is 0 Å². The molecule has 0 bridgehead atoms. The number of carbonyl (C=O) groups excluding carboxylic acids is 1. The van der Waals surface area contributed by atoms with Gasteiger partial charge in [-0.15, -0.1) is 0 Å². The third kappa shape index (κ3) is 2.30. The van der Waals surface area contributed by atoms with Crippen molar-refractivity contribution in [3.63, 3.8) is 0 Å². The topological polar surface area (TPSA) is 32.3 Å². The Morgan fingerprint density at radius 2 is 1.69 bits per heavy atom. The molecule has 0 saturated carbocycles. The van der Waals surface area contributed by atoms with E-state index in [1.807, 2.05) is 48.5 Å². The first-order valence-electron chi connectivity index (χ1n) is 8.48. The maximum absolute atomic E-state index is 12.8. The van der Waals surface area contributed by atoms with Crippen LogP contribution in [0.4, 0.5) is 5.69 Å². The van der Waals surface area contributed by atoms with E-state index in [4.69, 9.17) is 0 Å². The molecule has 0 radical (unpaired) electrons. The van der Waals surface area contributed by atoms with Gasteiger partial charge in [0, 0.05) is 10.0 Å². The van der Waals surface area contributed by atoms with Gasteiger partial charge in [-0.25, -0.2) is 0 Å². The fourth-order valence-electron chi connectivity index (χ4n) is 3.73. The van der Waals surface area contributed by atoms with Crippen molar-refractivity contribution < 1.29 is 4.79 Å². The van der Waals surface area contributed by atoms with E-state index in [0.717, 1.165) is 32.5 Å². The normalized spacial score (nSPS) is 17.6. The molecule has 3 nitrogen and oxygen atoms in total. The van der Waals surface area contributed by atoms with Crippen LogP contribution in [0, 0.1) is 0 Å². The standard InChI is InChI=1S/C22H15BrN2O/c23-16-10-11-19-18(13-16)22(26)24-21-17-9-5-4-8-15(17)12-20(25(19)21)14-6-2-1-3-7-14/h1-13,21H,(H,24,26). The van der Waals surface area contributed by atoms with Crippen molar-refractivity contribution in [2.75, 3.05) is 4.90 Å². The van der Waals surface area contributed by atoms with Crippen LogP contribution in [-0.2, 0) is 0 Å². The number of hydrogen-bond acceptors (Lipinski definition) is 2. The van der Waals surface area contributed by atoms with Gasteiger partial charge >= 0.3 is 0 Å². The van der Waals surface area contributed by atoms with Gasteiger partial charge in [0.05, 0.1) is 16.9 Å². The summed E-state index contributed by atoms with van der Waals surface area (Å²) in [5, 5.41) is 3.18. The molecule has 0 spiro atoms. The predicted octanol–water partition coefficient (Wildman–Crippen LogP) is 5.21. The second-order valence-corrected chi connectivity index (χ2v) is 7.35. The maximum atomic E-state index is 12.8. The van der Waals surface area contributed by atoms with Crippen molar-refractivity contribution >= 4 is 39.3 Å². The molecule has 3 aromatic rings. The fourth-order valence-corrected chi connectivity index (χ4v) is 4.09. The van der Waals surface area contributed by atoms with Crippen LogP contribution in [0.2, 0.25) is 0 Å². The number of nitrogens with one attached hydrogen (secondary N) is 1. The Bertz CT molecular complexity index is 1060. The molecule has 0 aliphatic carbocycles. The summed E-state index contributed by atoms with van der Waals surface area (Å²) in [7, 11) is 0. The summed E-state index contributed by atoms with van der Waals surface area (Å²) in [6, 6.07) is 24.4. The summed E-state index contributed by atoms with van der Waals surface area (Å²) in [6.07, 6.45) is 1.98. The van der Waals surface area contributed by atoms with Crippen LogP contribution in [0.5, 0.6) is 0 Å². The molecular formula is C22H15BrN2O. The summed E-state index contributed by atoms with van der Waals surface area (Å²) in [6.45, 7) is 0. The predicted molar refractivity (Wildman–Crippen MR) is 108 cm³/mol. The van der Waals surface area contributed by atoms with Crippen LogP contribution < -0.4 is 10.2 Å². The zero-order valence-corrected chi connectivity index (χ0v) is 15.4. The van der Waals surface area contributed by atoms with Gasteiger partial charge in [0.25, 0.3) is 5.91 Å². The van der Waals surface area contributed by atoms with Crippen molar-refractivity contribution in [1.82, 2.24) is 5.32 Å². The van der Waals surface area contributed by atoms with E-state index in [9.17, 15) is 4.79 Å². The first kappa shape index (κ1) is 15.4. The Labute approximate surface area is 160 Å². The van der Waals surface area contributed by atoms with Gasteiger partial charge in [-0.2, -0.15) is 0 Å². The van der Waals surface area contributed by atoms with E-state index in [2.05, 4.69) is 56.5 Å². The molecule has 2 heterocycles. The van der Waals surface area contributed by atoms with Crippen LogP contribution >= 0.6 is 15.9 Å². The zero-order chi connectivity index (χ0) is 17.7. The molecular weight excluding hydrogens is 388 g/mol. The monoisotopic (exact) mass is 402 g/mol. The van der Waals surface area contributed by atoms with Gasteiger partial charge in [0.1, 0.15) is 6.17 Å². The average Bonchev–Trinajstić information content (AvgIpc) is 2.68. The minimum Gasteiger partial charge on any atom is -0.327 e. The minimum absolute atomic E-state index is 0.0494. The fraction of sp³-hybridized carbons (Fsp3) is 0.0455. The third-order valence-corrected chi connectivity index (χ3v) is 5.39. The number of benzene rings is 3. The van der Waals surface area contributed by atoms with E-state index in [-0.39, 0.29) is 12.1 Å². The lowest BCUT2D eigenvalue weighted by molar-refractivity contribution is 0.0929. The van der Waals surface area contributed by atoms with Crippen molar-refractivity contribution in [3.05, 3.63) is 99.5 Å². The smallest absolute Gasteiger partial charge is 0.255 e. The lowest BCUT2D eigenvalue weighted by Gasteiger charge is -2.43. The van der Waals surface area contributed by atoms with Crippen LogP contribution in [-0.4, -0.2) is 5.91 Å². The SMILES string of the molecule is O=C1NC2c3ccccc3C=C(c3ccccc3)N2c2ccc(Br)cc21. The molecule has 1 amide bonds. The molecule has 26 heavy (non-hydrogen) atoms. The molecule has 2 aliphatic rings. The van der Waals surface area contributed by atoms with Crippen LogP contribution in [0.15, 0.2) is 77.3 Å². The molecule has 126 valence electrons. The van der Waals surface area contributed by atoms with Gasteiger partial charge in [0.15, 0.2) is 0 Å². The number of amides is 1. The number of carbonyl (C=O) groups is 1. The number of hydrogen-bond donors (Lipinski definition) is 1. The van der Waals surface area contributed by atoms with E-state index >= 15 is 0 Å². The molecule has 2 aliphatic heterocycles. The van der Waals surface area contributed by atoms with Gasteiger partial charge < -0.3 is 10.2 Å². The Hall–Kier alpha value is -2.85. The van der Waals surface area contributed by atoms with Crippen molar-refractivity contribution in [3.8, 4) is 0 Å². The average molecular weight is 403 g/mol. The quantitative estimate of drug-likeness (QED) is 0.605. The van der Waals surface area contributed by atoms with Crippen molar-refractivity contribution in [2.24, 2.45) is 0 Å². The molecule has 0 aromatic heterocycles. The summed E-state index contributed by atoms with van der Waals surface area (Å²) < 4.78 is 0.896. The zero-order valence-electron chi connectivity index (χ0n) is 13.8. The number of anilines is 1. The summed E-state index contributed by atoms with van der Waals surface area (Å²) in [5.41, 5.74) is 6.04. The van der Waals surface area contributed by atoms with Crippen molar-refractivity contribution in [1.29, 1.82) is 0 Å². The number of fused-ring (bicyclic) bond motifs is 5. The third-order valence-electron chi connectivity index (χ3n) is 4.90. The Morgan fingerprint density at radius 1 is 0.923 bits per heavy atom. The summed E-state index contributed by atoms with van der Waals surface area (Å²) in [5.74, 6) is -0.0494. The van der Waals surface area contributed by atoms with Crippen LogP contribution in [0.3, 0.4) is 0 Å². The van der Waals surface area contributed by atoms with Gasteiger partial charge in [-0.05, 0) is 35.4 Å². The molecule has 1 atom stereocenters. The first-order chi connectivity index (χ1) is 12.7. The van der Waals surface area contributed by atoms with Gasteiger partial charge in [-0.3, -0.25) is 4.79 Å². The Morgan fingerprint density at radius 3 is 2.54 bits per heavy atom. The maximum Gasteiger partial charge on any atom is 0.255 e. The molecule has 5 rings (SSSR count).